The second-order valence-corrected chi connectivity index (χ2v) is 9.83. The molecule has 0 bridgehead atoms. The van der Waals surface area contributed by atoms with Crippen LogP contribution in [0, 0.1) is 0 Å². The van der Waals surface area contributed by atoms with Crippen molar-refractivity contribution in [1.29, 1.82) is 0 Å². The molecule has 1 heterocycles. The van der Waals surface area contributed by atoms with Gasteiger partial charge < -0.3 is 51.3 Å². The Balaban J connectivity index is 2.72. The first-order chi connectivity index (χ1) is 18.9. The first-order valence-electron chi connectivity index (χ1n) is 13.5. The van der Waals surface area contributed by atoms with Crippen LogP contribution in [0.4, 0.5) is 0 Å². The van der Waals surface area contributed by atoms with Gasteiger partial charge in [-0.05, 0) is 12.8 Å². The normalized spacial score (nSPS) is 24.0. The highest BCUT2D eigenvalue weighted by molar-refractivity contribution is 5.91. The maximum absolute atomic E-state index is 12.8. The molecule has 9 N–H and O–H groups in total. The number of aliphatic carboxylic acids is 2. The highest BCUT2D eigenvalue weighted by atomic mass is 16.6. The summed E-state index contributed by atoms with van der Waals surface area (Å²) in [5.74, 6) is -4.86. The minimum absolute atomic E-state index is 0.200. The Labute approximate surface area is 232 Å². The Morgan fingerprint density at radius 3 is 1.98 bits per heavy atom. The van der Waals surface area contributed by atoms with Gasteiger partial charge in [0.15, 0.2) is 6.23 Å². The molecule has 0 aliphatic carbocycles. The van der Waals surface area contributed by atoms with Gasteiger partial charge in [0.1, 0.15) is 36.5 Å². The van der Waals surface area contributed by atoms with Gasteiger partial charge in [0.25, 0.3) is 0 Å². The predicted octanol–water partition coefficient (Wildman–Crippen LogP) is -1.65. The highest BCUT2D eigenvalue weighted by Crippen LogP contribution is 2.20. The Bertz CT molecular complexity index is 840. The lowest BCUT2D eigenvalue weighted by atomic mass is 9.98. The van der Waals surface area contributed by atoms with Gasteiger partial charge in [-0.1, -0.05) is 45.4 Å². The van der Waals surface area contributed by atoms with E-state index >= 15 is 0 Å². The van der Waals surface area contributed by atoms with Gasteiger partial charge in [-0.15, -0.1) is 0 Å². The molecule has 1 saturated heterocycles. The number of rotatable bonds is 19. The van der Waals surface area contributed by atoms with Crippen molar-refractivity contribution in [3.8, 4) is 0 Å². The number of ether oxygens (including phenoxy) is 1. The molecule has 40 heavy (non-hydrogen) atoms. The number of hydrogen-bond donors (Lipinski definition) is 9. The third kappa shape index (κ3) is 12.6. The van der Waals surface area contributed by atoms with Crippen molar-refractivity contribution in [3.05, 3.63) is 0 Å². The van der Waals surface area contributed by atoms with Crippen molar-refractivity contribution in [3.63, 3.8) is 0 Å². The van der Waals surface area contributed by atoms with Crippen molar-refractivity contribution in [2.24, 2.45) is 0 Å². The van der Waals surface area contributed by atoms with E-state index in [1.165, 1.54) is 0 Å². The van der Waals surface area contributed by atoms with Crippen LogP contribution >= 0.6 is 0 Å². The van der Waals surface area contributed by atoms with Gasteiger partial charge in [-0.3, -0.25) is 19.2 Å². The van der Waals surface area contributed by atoms with Crippen LogP contribution in [-0.2, 0) is 28.7 Å². The van der Waals surface area contributed by atoms with Gasteiger partial charge in [-0.25, -0.2) is 4.79 Å². The summed E-state index contributed by atoms with van der Waals surface area (Å²) in [6, 6.07) is -2.57. The van der Waals surface area contributed by atoms with Crippen LogP contribution in [-0.4, -0.2) is 110 Å². The fraction of sp³-hybridized carbons (Fsp3) is 0.800. The second kappa shape index (κ2) is 18.5. The number of carbonyl (C=O) groups is 5. The first-order valence-corrected chi connectivity index (χ1v) is 13.5. The van der Waals surface area contributed by atoms with Gasteiger partial charge >= 0.3 is 11.9 Å². The Morgan fingerprint density at radius 1 is 0.750 bits per heavy atom. The third-order valence-corrected chi connectivity index (χ3v) is 6.53. The number of aliphatic hydroxyl groups is 4. The van der Waals surface area contributed by atoms with Crippen molar-refractivity contribution in [2.75, 3.05) is 6.61 Å². The van der Waals surface area contributed by atoms with Crippen LogP contribution in [0.1, 0.15) is 77.6 Å². The topological polar surface area (TPSA) is 252 Å². The van der Waals surface area contributed by atoms with Crippen LogP contribution in [0.3, 0.4) is 0 Å². The lowest BCUT2D eigenvalue weighted by molar-refractivity contribution is -0.236. The summed E-state index contributed by atoms with van der Waals surface area (Å²) in [6.07, 6.45) is -3.66. The van der Waals surface area contributed by atoms with Gasteiger partial charge in [0.2, 0.25) is 17.7 Å². The molecule has 1 aliphatic rings. The number of aliphatic hydroxyl groups excluding tert-OH is 4. The fourth-order valence-electron chi connectivity index (χ4n) is 4.14. The first kappa shape index (κ1) is 35.2. The van der Waals surface area contributed by atoms with Crippen molar-refractivity contribution in [2.45, 2.75) is 120 Å². The smallest absolute Gasteiger partial charge is 0.326 e. The largest absolute Gasteiger partial charge is 0.481 e. The van der Waals surface area contributed by atoms with Gasteiger partial charge in [0.05, 0.1) is 6.61 Å². The molecule has 0 aromatic rings. The molecule has 1 fully saturated rings. The summed E-state index contributed by atoms with van der Waals surface area (Å²) in [4.78, 5) is 60.0. The van der Waals surface area contributed by atoms with Crippen LogP contribution in [0.25, 0.3) is 0 Å². The lowest BCUT2D eigenvalue weighted by Crippen LogP contribution is -2.63. The third-order valence-electron chi connectivity index (χ3n) is 6.53. The summed E-state index contributed by atoms with van der Waals surface area (Å²) in [6.45, 7) is 1.39. The number of amides is 3. The van der Waals surface area contributed by atoms with E-state index in [-0.39, 0.29) is 19.3 Å². The van der Waals surface area contributed by atoms with Crippen molar-refractivity contribution >= 4 is 29.7 Å². The molecule has 0 aromatic carbocycles. The molecular weight excluding hydrogens is 534 g/mol. The zero-order chi connectivity index (χ0) is 30.2. The molecule has 7 atom stereocenters. The average Bonchev–Trinajstić information content (AvgIpc) is 2.90. The van der Waals surface area contributed by atoms with E-state index in [1.54, 1.807) is 0 Å². The molecule has 0 radical (unpaired) electrons. The standard InChI is InChI=1S/C25H43N3O12/c1-2-3-4-5-6-7-8-14(23(37)27-15(25(38)39)9-12-19(32)33)26-17(30)10-11-18(31)28-24-22(36)21(35)20(34)16(13-29)40-24/h14-16,20-22,24,29,34-36H,2-13H2,1H3,(H,26,30)(H,27,37)(H,28,31)(H,32,33)(H,38,39)/t14-,15+,16-,20-,21+,22-,24-/m1/s1. The highest BCUT2D eigenvalue weighted by Gasteiger charge is 2.44. The minimum Gasteiger partial charge on any atom is -0.481 e. The van der Waals surface area contributed by atoms with Crippen LogP contribution < -0.4 is 16.0 Å². The number of nitrogens with one attached hydrogen (secondary N) is 3. The molecule has 230 valence electrons. The lowest BCUT2D eigenvalue weighted by Gasteiger charge is -2.40. The van der Waals surface area contributed by atoms with E-state index in [1.807, 2.05) is 0 Å². The summed E-state index contributed by atoms with van der Waals surface area (Å²) >= 11 is 0. The van der Waals surface area contributed by atoms with E-state index in [0.29, 0.717) is 6.42 Å². The van der Waals surface area contributed by atoms with E-state index < -0.39 is 91.8 Å². The fourth-order valence-corrected chi connectivity index (χ4v) is 4.14. The summed E-state index contributed by atoms with van der Waals surface area (Å²) in [5.41, 5.74) is 0. The Hall–Kier alpha value is -2.85. The quantitative estimate of drug-likeness (QED) is 0.0783. The number of hydrogen-bond acceptors (Lipinski definition) is 10. The molecule has 1 rings (SSSR count). The molecule has 3 amide bonds. The van der Waals surface area contributed by atoms with Crippen molar-refractivity contribution in [1.82, 2.24) is 16.0 Å². The monoisotopic (exact) mass is 577 g/mol. The molecule has 0 spiro atoms. The van der Waals surface area contributed by atoms with E-state index in [0.717, 1.165) is 32.1 Å². The Morgan fingerprint density at radius 2 is 1.38 bits per heavy atom. The second-order valence-electron chi connectivity index (χ2n) is 9.83. The zero-order valence-corrected chi connectivity index (χ0v) is 22.7. The van der Waals surface area contributed by atoms with Crippen LogP contribution in [0.15, 0.2) is 0 Å². The number of unbranched alkanes of at least 4 members (excludes halogenated alkanes) is 5. The molecule has 15 nitrogen and oxygen atoms in total. The van der Waals surface area contributed by atoms with E-state index in [2.05, 4.69) is 22.9 Å². The zero-order valence-electron chi connectivity index (χ0n) is 22.7. The minimum atomic E-state index is -1.69. The molecular formula is C25H43N3O12. The molecule has 0 unspecified atom stereocenters. The molecule has 1 aliphatic heterocycles. The van der Waals surface area contributed by atoms with Crippen LogP contribution in [0.5, 0.6) is 0 Å². The SMILES string of the molecule is CCCCCCCC[C@@H](NC(=O)CCC(=O)N[C@@H]1O[C@H](CO)[C@@H](O)[C@H](O)[C@H]1O)C(=O)N[C@@H](CCC(=O)O)C(=O)O. The number of carbonyl (C=O) groups excluding carboxylic acids is 3. The van der Waals surface area contributed by atoms with Gasteiger partial charge in [-0.2, -0.15) is 0 Å². The maximum atomic E-state index is 12.8. The number of carboxylic acids is 2. The molecule has 0 aromatic heterocycles. The summed E-state index contributed by atoms with van der Waals surface area (Å²) < 4.78 is 5.19. The summed E-state index contributed by atoms with van der Waals surface area (Å²) in [5, 5.41) is 64.1. The van der Waals surface area contributed by atoms with E-state index in [9.17, 15) is 49.5 Å². The maximum Gasteiger partial charge on any atom is 0.326 e. The van der Waals surface area contributed by atoms with E-state index in [4.69, 9.17) is 9.84 Å². The average molecular weight is 578 g/mol. The van der Waals surface area contributed by atoms with Gasteiger partial charge in [0, 0.05) is 19.3 Å². The van der Waals surface area contributed by atoms with Crippen molar-refractivity contribution < 1.29 is 59.3 Å². The Kier molecular flexibility index (Phi) is 16.3. The molecule has 0 saturated carbocycles. The molecule has 15 heteroatoms. The predicted molar refractivity (Wildman–Crippen MR) is 138 cm³/mol. The summed E-state index contributed by atoms with van der Waals surface area (Å²) in [7, 11) is 0. The van der Waals surface area contributed by atoms with Crippen LogP contribution in [0.2, 0.25) is 0 Å². The number of carboxylic acid groups (broad SMARTS) is 2.